The summed E-state index contributed by atoms with van der Waals surface area (Å²) in [5.41, 5.74) is 3.67. The maximum absolute atomic E-state index is 14.8. The second kappa shape index (κ2) is 5.95. The van der Waals surface area contributed by atoms with Crippen molar-refractivity contribution >= 4 is 38.8 Å². The number of H-pyrrole nitrogens is 1. The van der Waals surface area contributed by atoms with Gasteiger partial charge in [-0.05, 0) is 43.0 Å². The van der Waals surface area contributed by atoms with Gasteiger partial charge in [0.2, 0.25) is 0 Å². The van der Waals surface area contributed by atoms with Crippen molar-refractivity contribution in [1.82, 2.24) is 19.1 Å². The van der Waals surface area contributed by atoms with E-state index < -0.39 is 11.8 Å². The van der Waals surface area contributed by atoms with Crippen molar-refractivity contribution in [1.29, 1.82) is 0 Å². The minimum atomic E-state index is -1.17. The number of nitrogens with zero attached hydrogens (tertiary/aromatic N) is 3. The summed E-state index contributed by atoms with van der Waals surface area (Å²) in [6.07, 6.45) is 4.36. The highest BCUT2D eigenvalue weighted by molar-refractivity contribution is 6.06. The number of aryl methyl sites for hydroxylation is 1. The first kappa shape index (κ1) is 17.3. The van der Waals surface area contributed by atoms with Gasteiger partial charge in [0.1, 0.15) is 11.3 Å². The van der Waals surface area contributed by atoms with Crippen LogP contribution in [-0.2, 0) is 13.6 Å². The topological polar surface area (TPSA) is 75.8 Å². The highest BCUT2D eigenvalue weighted by Crippen LogP contribution is 2.38. The van der Waals surface area contributed by atoms with E-state index in [2.05, 4.69) is 38.8 Å². The van der Waals surface area contributed by atoms with E-state index in [1.807, 2.05) is 6.20 Å². The second-order valence-corrected chi connectivity index (χ2v) is 8.15. The molecule has 0 unspecified atom stereocenters. The molecular weight excluding hydrogens is 383 g/mol. The van der Waals surface area contributed by atoms with Crippen LogP contribution in [0.4, 0.5) is 4.39 Å². The molecule has 6 rings (SSSR count). The van der Waals surface area contributed by atoms with Crippen LogP contribution >= 0.6 is 0 Å². The summed E-state index contributed by atoms with van der Waals surface area (Å²) < 4.78 is 18.8. The summed E-state index contributed by atoms with van der Waals surface area (Å²) in [6, 6.07) is 10.8. The van der Waals surface area contributed by atoms with Gasteiger partial charge in [0.15, 0.2) is 5.82 Å². The molecule has 0 aliphatic heterocycles. The number of aromatic amines is 1. The number of nitrogens with one attached hydrogen (secondary N) is 1. The largest absolute Gasteiger partial charge is 0.478 e. The van der Waals surface area contributed by atoms with E-state index in [1.165, 1.54) is 18.9 Å². The van der Waals surface area contributed by atoms with Crippen molar-refractivity contribution in [2.75, 3.05) is 0 Å². The first-order chi connectivity index (χ1) is 14.5. The van der Waals surface area contributed by atoms with Gasteiger partial charge in [-0.25, -0.2) is 14.2 Å². The number of carboxylic acid groups (broad SMARTS) is 1. The van der Waals surface area contributed by atoms with Crippen LogP contribution in [0.25, 0.3) is 44.4 Å². The lowest BCUT2D eigenvalue weighted by molar-refractivity contribution is 0.0696. The monoisotopic (exact) mass is 402 g/mol. The number of hydrogen-bond donors (Lipinski definition) is 2. The molecule has 5 aromatic rings. The number of benzene rings is 2. The molecule has 0 bridgehead atoms. The zero-order valence-electron chi connectivity index (χ0n) is 16.3. The number of hydrogen-bond acceptors (Lipinski definition) is 2. The zero-order chi connectivity index (χ0) is 20.6. The fourth-order valence-electron chi connectivity index (χ4n) is 4.46. The quantitative estimate of drug-likeness (QED) is 0.448. The Kier molecular flexibility index (Phi) is 3.42. The van der Waals surface area contributed by atoms with Crippen molar-refractivity contribution < 1.29 is 14.3 Å². The number of aromatic nitrogens is 4. The maximum Gasteiger partial charge on any atom is 0.335 e. The van der Waals surface area contributed by atoms with Crippen molar-refractivity contribution in [2.24, 2.45) is 13.0 Å². The predicted molar refractivity (Wildman–Crippen MR) is 113 cm³/mol. The Bertz CT molecular complexity index is 1490. The number of carbonyl (C=O) groups is 1. The SMILES string of the molecule is Cn1c(-c2cc3ccc4cc[nH]c4c3n2CC2CC2)nc2cc(C(=O)O)cc(F)c21. The van der Waals surface area contributed by atoms with E-state index in [1.54, 1.807) is 11.6 Å². The lowest BCUT2D eigenvalue weighted by Gasteiger charge is -2.11. The summed E-state index contributed by atoms with van der Waals surface area (Å²) >= 11 is 0. The third-order valence-electron chi connectivity index (χ3n) is 6.12. The summed E-state index contributed by atoms with van der Waals surface area (Å²) in [7, 11) is 1.78. The van der Waals surface area contributed by atoms with Crippen LogP contribution in [0.1, 0.15) is 23.2 Å². The first-order valence-electron chi connectivity index (χ1n) is 10.00. The lowest BCUT2D eigenvalue weighted by atomic mass is 10.2. The molecule has 0 spiro atoms. The van der Waals surface area contributed by atoms with E-state index in [-0.39, 0.29) is 5.56 Å². The zero-order valence-corrected chi connectivity index (χ0v) is 16.3. The van der Waals surface area contributed by atoms with Crippen molar-refractivity contribution in [2.45, 2.75) is 19.4 Å². The highest BCUT2D eigenvalue weighted by atomic mass is 19.1. The molecule has 2 N–H and O–H groups in total. The number of carboxylic acids is 1. The molecule has 1 aliphatic rings. The summed E-state index contributed by atoms with van der Waals surface area (Å²) in [5.74, 6) is -0.486. The van der Waals surface area contributed by atoms with E-state index in [9.17, 15) is 14.3 Å². The van der Waals surface area contributed by atoms with Crippen LogP contribution in [0, 0.1) is 11.7 Å². The van der Waals surface area contributed by atoms with Crippen LogP contribution in [0.5, 0.6) is 0 Å². The second-order valence-electron chi connectivity index (χ2n) is 8.15. The molecule has 0 atom stereocenters. The third-order valence-corrected chi connectivity index (χ3v) is 6.12. The van der Waals surface area contributed by atoms with Crippen LogP contribution in [-0.4, -0.2) is 30.2 Å². The van der Waals surface area contributed by atoms with Crippen molar-refractivity contribution in [3.05, 3.63) is 54.0 Å². The van der Waals surface area contributed by atoms with Gasteiger partial charge in [-0.3, -0.25) is 0 Å². The molecule has 1 aliphatic carbocycles. The highest BCUT2D eigenvalue weighted by Gasteiger charge is 2.27. The Labute approximate surface area is 170 Å². The third kappa shape index (κ3) is 2.41. The molecule has 7 heteroatoms. The summed E-state index contributed by atoms with van der Waals surface area (Å²) in [5, 5.41) is 11.5. The maximum atomic E-state index is 14.8. The fraction of sp³-hybridized carbons (Fsp3) is 0.217. The molecule has 30 heavy (non-hydrogen) atoms. The number of rotatable bonds is 4. The average molecular weight is 402 g/mol. The normalized spacial score (nSPS) is 14.3. The predicted octanol–water partition coefficient (Wildman–Crippen LogP) is 4.92. The Hall–Kier alpha value is -3.61. The van der Waals surface area contributed by atoms with Gasteiger partial charge >= 0.3 is 5.97 Å². The molecule has 0 amide bonds. The Morgan fingerprint density at radius 3 is 2.77 bits per heavy atom. The number of aromatic carboxylic acids is 1. The molecule has 0 saturated heterocycles. The molecule has 6 nitrogen and oxygen atoms in total. The van der Waals surface area contributed by atoms with E-state index in [0.717, 1.165) is 40.1 Å². The molecule has 1 saturated carbocycles. The van der Waals surface area contributed by atoms with Gasteiger partial charge in [0.05, 0.1) is 27.8 Å². The van der Waals surface area contributed by atoms with Crippen LogP contribution in [0.3, 0.4) is 0 Å². The van der Waals surface area contributed by atoms with Gasteiger partial charge < -0.3 is 19.2 Å². The molecule has 150 valence electrons. The molecule has 3 aromatic heterocycles. The number of halogens is 1. The minimum Gasteiger partial charge on any atom is -0.478 e. The first-order valence-corrected chi connectivity index (χ1v) is 10.00. The van der Waals surface area contributed by atoms with E-state index >= 15 is 0 Å². The molecule has 0 radical (unpaired) electrons. The molecular formula is C23H19FN4O2. The standard InChI is InChI=1S/C23H19FN4O2/c1-27-21-16(24)8-15(23(29)30)9-17(21)26-22(27)18-10-14-5-4-13-6-7-25-19(13)20(14)28(18)11-12-2-3-12/h4-10,12,25H,2-3,11H2,1H3,(H,29,30). The number of fused-ring (bicyclic) bond motifs is 4. The van der Waals surface area contributed by atoms with E-state index in [4.69, 9.17) is 0 Å². The van der Waals surface area contributed by atoms with Crippen LogP contribution < -0.4 is 0 Å². The molecule has 3 heterocycles. The Balaban J connectivity index is 1.66. The van der Waals surface area contributed by atoms with Gasteiger partial charge in [0.25, 0.3) is 0 Å². The number of imidazole rings is 1. The fourth-order valence-corrected chi connectivity index (χ4v) is 4.46. The van der Waals surface area contributed by atoms with Gasteiger partial charge in [-0.15, -0.1) is 0 Å². The van der Waals surface area contributed by atoms with Crippen molar-refractivity contribution in [3.63, 3.8) is 0 Å². The van der Waals surface area contributed by atoms with Gasteiger partial charge in [-0.1, -0.05) is 12.1 Å². The van der Waals surface area contributed by atoms with Crippen molar-refractivity contribution in [3.8, 4) is 11.5 Å². The minimum absolute atomic E-state index is 0.101. The lowest BCUT2D eigenvalue weighted by Crippen LogP contribution is -2.05. The Morgan fingerprint density at radius 2 is 2.00 bits per heavy atom. The smallest absolute Gasteiger partial charge is 0.335 e. The van der Waals surface area contributed by atoms with Crippen LogP contribution in [0.15, 0.2) is 42.6 Å². The van der Waals surface area contributed by atoms with Crippen LogP contribution in [0.2, 0.25) is 0 Å². The van der Waals surface area contributed by atoms with E-state index in [0.29, 0.717) is 22.8 Å². The van der Waals surface area contributed by atoms with Gasteiger partial charge in [-0.2, -0.15) is 0 Å². The molecule has 2 aromatic carbocycles. The average Bonchev–Trinajstić information content (AvgIpc) is 3.13. The molecule has 1 fully saturated rings. The summed E-state index contributed by atoms with van der Waals surface area (Å²) in [6.45, 7) is 0.878. The Morgan fingerprint density at radius 1 is 1.20 bits per heavy atom. The summed E-state index contributed by atoms with van der Waals surface area (Å²) in [4.78, 5) is 19.4. The van der Waals surface area contributed by atoms with Gasteiger partial charge in [0, 0.05) is 30.6 Å².